The molecule has 0 aromatic carbocycles. The highest BCUT2D eigenvalue weighted by Crippen LogP contribution is 2.16. The maximum absolute atomic E-state index is 10.8. The molecule has 2 unspecified atom stereocenters. The van der Waals surface area contributed by atoms with E-state index in [9.17, 15) is 4.79 Å². The van der Waals surface area contributed by atoms with Crippen molar-refractivity contribution >= 4 is 5.91 Å². The fourth-order valence-electron chi connectivity index (χ4n) is 1.55. The minimum absolute atomic E-state index is 0.119. The standard InChI is InChI=1S/C11H20N2O/c1-4-6-7-10(5-2)11(8-12)13-9(3)14/h10-11H,4-7H2,1-3H3,(H,13,14). The number of nitriles is 1. The molecule has 14 heavy (non-hydrogen) atoms. The third-order valence-corrected chi connectivity index (χ3v) is 2.42. The summed E-state index contributed by atoms with van der Waals surface area (Å²) < 4.78 is 0. The molecule has 0 heterocycles. The quantitative estimate of drug-likeness (QED) is 0.708. The Balaban J connectivity index is 4.16. The average molecular weight is 196 g/mol. The summed E-state index contributed by atoms with van der Waals surface area (Å²) >= 11 is 0. The smallest absolute Gasteiger partial charge is 0.217 e. The zero-order chi connectivity index (χ0) is 11.0. The van der Waals surface area contributed by atoms with E-state index in [1.807, 2.05) is 0 Å². The molecule has 1 amide bonds. The third kappa shape index (κ3) is 4.86. The summed E-state index contributed by atoms with van der Waals surface area (Å²) in [7, 11) is 0. The van der Waals surface area contributed by atoms with Gasteiger partial charge in [-0.3, -0.25) is 4.79 Å². The predicted molar refractivity (Wildman–Crippen MR) is 56.5 cm³/mol. The van der Waals surface area contributed by atoms with Gasteiger partial charge in [-0.15, -0.1) is 0 Å². The summed E-state index contributed by atoms with van der Waals surface area (Å²) in [6, 6.07) is 1.85. The van der Waals surface area contributed by atoms with Crippen LogP contribution < -0.4 is 5.32 Å². The topological polar surface area (TPSA) is 52.9 Å². The van der Waals surface area contributed by atoms with Gasteiger partial charge in [0.05, 0.1) is 6.07 Å². The van der Waals surface area contributed by atoms with E-state index in [0.29, 0.717) is 5.92 Å². The molecule has 0 spiro atoms. The first-order valence-electron chi connectivity index (χ1n) is 5.32. The number of amides is 1. The number of nitrogens with one attached hydrogen (secondary N) is 1. The van der Waals surface area contributed by atoms with Gasteiger partial charge >= 0.3 is 0 Å². The van der Waals surface area contributed by atoms with E-state index in [-0.39, 0.29) is 11.9 Å². The fraction of sp³-hybridized carbons (Fsp3) is 0.818. The Bertz CT molecular complexity index is 208. The number of carbonyl (C=O) groups excluding carboxylic acids is 1. The maximum atomic E-state index is 10.8. The van der Waals surface area contributed by atoms with Crippen LogP contribution in [0.3, 0.4) is 0 Å². The summed E-state index contributed by atoms with van der Waals surface area (Å²) in [6.45, 7) is 5.65. The number of hydrogen-bond acceptors (Lipinski definition) is 2. The number of rotatable bonds is 6. The van der Waals surface area contributed by atoms with E-state index in [4.69, 9.17) is 5.26 Å². The van der Waals surface area contributed by atoms with Crippen molar-refractivity contribution in [1.82, 2.24) is 5.32 Å². The molecule has 3 nitrogen and oxygen atoms in total. The van der Waals surface area contributed by atoms with Crippen molar-refractivity contribution in [2.45, 2.75) is 52.5 Å². The first kappa shape index (κ1) is 13.0. The van der Waals surface area contributed by atoms with Gasteiger partial charge < -0.3 is 5.32 Å². The van der Waals surface area contributed by atoms with Crippen LogP contribution in [0.5, 0.6) is 0 Å². The molecule has 0 aromatic heterocycles. The van der Waals surface area contributed by atoms with Crippen molar-refractivity contribution in [3.8, 4) is 6.07 Å². The number of carbonyl (C=O) groups is 1. The second-order valence-electron chi connectivity index (χ2n) is 3.62. The molecule has 2 atom stereocenters. The van der Waals surface area contributed by atoms with Gasteiger partial charge in [0.25, 0.3) is 0 Å². The number of hydrogen-bond donors (Lipinski definition) is 1. The van der Waals surface area contributed by atoms with E-state index < -0.39 is 0 Å². The lowest BCUT2D eigenvalue weighted by molar-refractivity contribution is -0.119. The van der Waals surface area contributed by atoms with E-state index in [1.165, 1.54) is 6.92 Å². The summed E-state index contributed by atoms with van der Waals surface area (Å²) in [5.41, 5.74) is 0. The molecule has 0 aromatic rings. The molecule has 3 heteroatoms. The van der Waals surface area contributed by atoms with Crippen LogP contribution in [0.25, 0.3) is 0 Å². The Morgan fingerprint density at radius 3 is 2.50 bits per heavy atom. The predicted octanol–water partition coefficient (Wildman–Crippen LogP) is 2.23. The van der Waals surface area contributed by atoms with Crippen LogP contribution in [0.15, 0.2) is 0 Å². The molecule has 80 valence electrons. The second kappa shape index (κ2) is 7.37. The molecule has 0 rings (SSSR count). The molecule has 1 N–H and O–H groups in total. The maximum Gasteiger partial charge on any atom is 0.217 e. The molecule has 0 saturated heterocycles. The largest absolute Gasteiger partial charge is 0.340 e. The molecule has 0 aliphatic rings. The van der Waals surface area contributed by atoms with Gasteiger partial charge in [0.1, 0.15) is 6.04 Å². The molecule has 0 aliphatic carbocycles. The Hall–Kier alpha value is -1.04. The van der Waals surface area contributed by atoms with Crippen molar-refractivity contribution in [1.29, 1.82) is 5.26 Å². The Morgan fingerprint density at radius 2 is 2.14 bits per heavy atom. The number of unbranched alkanes of at least 4 members (excludes halogenated alkanes) is 1. The van der Waals surface area contributed by atoms with Crippen LogP contribution in [0.4, 0.5) is 0 Å². The fourth-order valence-corrected chi connectivity index (χ4v) is 1.55. The lowest BCUT2D eigenvalue weighted by Gasteiger charge is -2.20. The highest BCUT2D eigenvalue weighted by Gasteiger charge is 2.19. The normalized spacial score (nSPS) is 14.1. The van der Waals surface area contributed by atoms with Crippen LogP contribution in [0.2, 0.25) is 0 Å². The monoisotopic (exact) mass is 196 g/mol. The molecule has 0 aliphatic heterocycles. The van der Waals surface area contributed by atoms with Gasteiger partial charge in [-0.25, -0.2) is 0 Å². The van der Waals surface area contributed by atoms with Crippen molar-refractivity contribution in [3.63, 3.8) is 0 Å². The summed E-state index contributed by atoms with van der Waals surface area (Å²) in [4.78, 5) is 10.8. The minimum Gasteiger partial charge on any atom is -0.340 e. The highest BCUT2D eigenvalue weighted by molar-refractivity contribution is 5.73. The van der Waals surface area contributed by atoms with E-state index >= 15 is 0 Å². The minimum atomic E-state index is -0.316. The van der Waals surface area contributed by atoms with E-state index in [0.717, 1.165) is 25.7 Å². The molecule has 0 radical (unpaired) electrons. The summed E-state index contributed by atoms with van der Waals surface area (Å²) in [5.74, 6) is 0.176. The van der Waals surface area contributed by atoms with Crippen molar-refractivity contribution in [2.75, 3.05) is 0 Å². The van der Waals surface area contributed by atoms with Crippen LogP contribution >= 0.6 is 0 Å². The molecule has 0 bridgehead atoms. The average Bonchev–Trinajstić information content (AvgIpc) is 2.16. The molecular weight excluding hydrogens is 176 g/mol. The van der Waals surface area contributed by atoms with Crippen LogP contribution in [0, 0.1) is 17.2 Å². The van der Waals surface area contributed by atoms with Crippen molar-refractivity contribution in [2.24, 2.45) is 5.92 Å². The van der Waals surface area contributed by atoms with Crippen LogP contribution in [-0.4, -0.2) is 11.9 Å². The zero-order valence-electron chi connectivity index (χ0n) is 9.34. The zero-order valence-corrected chi connectivity index (χ0v) is 9.34. The van der Waals surface area contributed by atoms with Crippen molar-refractivity contribution < 1.29 is 4.79 Å². The van der Waals surface area contributed by atoms with Gasteiger partial charge in [0.2, 0.25) is 5.91 Å². The lowest BCUT2D eigenvalue weighted by atomic mass is 9.92. The Kier molecular flexibility index (Phi) is 6.82. The number of nitrogens with zero attached hydrogens (tertiary/aromatic N) is 1. The SMILES string of the molecule is CCCCC(CC)C(C#N)NC(C)=O. The van der Waals surface area contributed by atoms with Crippen LogP contribution in [0.1, 0.15) is 46.5 Å². The second-order valence-corrected chi connectivity index (χ2v) is 3.62. The third-order valence-electron chi connectivity index (χ3n) is 2.42. The first-order valence-corrected chi connectivity index (χ1v) is 5.32. The first-order chi connectivity index (χ1) is 6.65. The molecule has 0 saturated carbocycles. The molecular formula is C11H20N2O. The van der Waals surface area contributed by atoms with Gasteiger partial charge in [0, 0.05) is 6.92 Å². The summed E-state index contributed by atoms with van der Waals surface area (Å²) in [6.07, 6.45) is 4.22. The van der Waals surface area contributed by atoms with Gasteiger partial charge in [-0.2, -0.15) is 5.26 Å². The van der Waals surface area contributed by atoms with Crippen molar-refractivity contribution in [3.05, 3.63) is 0 Å². The van der Waals surface area contributed by atoms with E-state index in [2.05, 4.69) is 25.2 Å². The van der Waals surface area contributed by atoms with Gasteiger partial charge in [-0.05, 0) is 12.3 Å². The van der Waals surface area contributed by atoms with Crippen LogP contribution in [-0.2, 0) is 4.79 Å². The van der Waals surface area contributed by atoms with Gasteiger partial charge in [0.15, 0.2) is 0 Å². The molecule has 0 fully saturated rings. The highest BCUT2D eigenvalue weighted by atomic mass is 16.1. The Labute approximate surface area is 86.5 Å². The Morgan fingerprint density at radius 1 is 1.50 bits per heavy atom. The lowest BCUT2D eigenvalue weighted by Crippen LogP contribution is -2.37. The summed E-state index contributed by atoms with van der Waals surface area (Å²) in [5, 5.41) is 11.6. The van der Waals surface area contributed by atoms with Gasteiger partial charge in [-0.1, -0.05) is 33.1 Å². The van der Waals surface area contributed by atoms with E-state index in [1.54, 1.807) is 0 Å².